The summed E-state index contributed by atoms with van der Waals surface area (Å²) in [6, 6.07) is 10.5. The number of aromatic nitrogens is 3. The third-order valence-corrected chi connectivity index (χ3v) is 6.50. The maximum Gasteiger partial charge on any atom is 0.131 e. The van der Waals surface area contributed by atoms with Crippen LogP contribution in [0.2, 0.25) is 5.02 Å². The molecule has 4 nitrogen and oxygen atoms in total. The first-order valence-corrected chi connectivity index (χ1v) is 10.0. The van der Waals surface area contributed by atoms with E-state index in [2.05, 4.69) is 47.7 Å². The Morgan fingerprint density at radius 3 is 2.70 bits per heavy atom. The normalized spacial score (nSPS) is 17.3. The number of halogens is 1. The molecular formula is C22H23ClN4. The Balaban J connectivity index is 1.62. The van der Waals surface area contributed by atoms with Crippen molar-refractivity contribution in [3.05, 3.63) is 58.5 Å². The Hall–Kier alpha value is -2.33. The van der Waals surface area contributed by atoms with E-state index in [9.17, 15) is 0 Å². The van der Waals surface area contributed by atoms with Gasteiger partial charge in [-0.25, -0.2) is 9.67 Å². The van der Waals surface area contributed by atoms with Crippen molar-refractivity contribution in [1.82, 2.24) is 14.8 Å². The maximum absolute atomic E-state index is 6.99. The molecule has 2 aliphatic rings. The van der Waals surface area contributed by atoms with E-state index in [0.29, 0.717) is 0 Å². The van der Waals surface area contributed by atoms with Gasteiger partial charge in [-0.15, -0.1) is 0 Å². The van der Waals surface area contributed by atoms with Gasteiger partial charge in [-0.3, -0.25) is 0 Å². The lowest BCUT2D eigenvalue weighted by molar-refractivity contribution is 0.489. The second-order valence-electron chi connectivity index (χ2n) is 7.94. The first-order valence-electron chi connectivity index (χ1n) is 9.64. The van der Waals surface area contributed by atoms with Gasteiger partial charge in [0.2, 0.25) is 0 Å². The van der Waals surface area contributed by atoms with E-state index >= 15 is 0 Å². The smallest absolute Gasteiger partial charge is 0.131 e. The van der Waals surface area contributed by atoms with Crippen LogP contribution in [0.4, 0.5) is 5.82 Å². The summed E-state index contributed by atoms with van der Waals surface area (Å²) < 4.78 is 1.98. The highest BCUT2D eigenvalue weighted by Gasteiger charge is 2.44. The summed E-state index contributed by atoms with van der Waals surface area (Å²) in [5.74, 6) is 0.973. The van der Waals surface area contributed by atoms with Crippen LogP contribution in [0.1, 0.15) is 42.6 Å². The number of rotatable bonds is 2. The van der Waals surface area contributed by atoms with Crippen LogP contribution in [0.25, 0.3) is 16.8 Å². The number of benzene rings is 1. The quantitative estimate of drug-likeness (QED) is 0.645. The highest BCUT2D eigenvalue weighted by atomic mass is 35.5. The number of fused-ring (bicyclic) bond motifs is 2. The van der Waals surface area contributed by atoms with Crippen molar-refractivity contribution in [2.45, 2.75) is 44.9 Å². The number of hydrogen-bond acceptors (Lipinski definition) is 3. The minimum Gasteiger partial charge on any atom is -0.369 e. The Labute approximate surface area is 164 Å². The average molecular weight is 379 g/mol. The highest BCUT2D eigenvalue weighted by molar-refractivity contribution is 6.34. The number of aryl methyl sites for hydroxylation is 2. The SMILES string of the molecule is Cc1cc(C)n(-c2cccc(-c3cnc4c(c3Cl)C3(CCCC3)CN4)c2)n1. The Kier molecular flexibility index (Phi) is 3.80. The zero-order valence-electron chi connectivity index (χ0n) is 15.7. The summed E-state index contributed by atoms with van der Waals surface area (Å²) in [6.07, 6.45) is 6.85. The van der Waals surface area contributed by atoms with Gasteiger partial charge < -0.3 is 5.32 Å². The topological polar surface area (TPSA) is 42.7 Å². The average Bonchev–Trinajstić information content (AvgIpc) is 3.36. The van der Waals surface area contributed by atoms with E-state index in [0.717, 1.165) is 45.6 Å². The largest absolute Gasteiger partial charge is 0.369 e. The van der Waals surface area contributed by atoms with E-state index in [-0.39, 0.29) is 5.41 Å². The number of nitrogens with zero attached hydrogens (tertiary/aromatic N) is 3. The summed E-state index contributed by atoms with van der Waals surface area (Å²) in [5, 5.41) is 8.96. The fourth-order valence-electron chi connectivity index (χ4n) is 4.82. The van der Waals surface area contributed by atoms with Crippen molar-refractivity contribution in [3.8, 4) is 16.8 Å². The lowest BCUT2D eigenvalue weighted by Crippen LogP contribution is -2.24. The van der Waals surface area contributed by atoms with Crippen molar-refractivity contribution >= 4 is 17.4 Å². The fraction of sp³-hybridized carbons (Fsp3) is 0.364. The molecule has 1 aromatic carbocycles. The summed E-state index contributed by atoms with van der Waals surface area (Å²) in [7, 11) is 0. The zero-order chi connectivity index (χ0) is 18.6. The van der Waals surface area contributed by atoms with Crippen LogP contribution in [-0.2, 0) is 5.41 Å². The van der Waals surface area contributed by atoms with Gasteiger partial charge in [0, 0.05) is 35.0 Å². The van der Waals surface area contributed by atoms with Gasteiger partial charge in [-0.05, 0) is 50.5 Å². The Morgan fingerprint density at radius 1 is 1.15 bits per heavy atom. The lowest BCUT2D eigenvalue weighted by atomic mass is 9.80. The van der Waals surface area contributed by atoms with E-state index in [1.807, 2.05) is 17.8 Å². The molecule has 0 bridgehead atoms. The van der Waals surface area contributed by atoms with Crippen molar-refractivity contribution in [1.29, 1.82) is 0 Å². The first kappa shape index (κ1) is 16.8. The molecule has 2 aromatic heterocycles. The molecule has 0 amide bonds. The molecule has 0 unspecified atom stereocenters. The third-order valence-electron chi connectivity index (χ3n) is 6.11. The minimum atomic E-state index is 0.169. The van der Waals surface area contributed by atoms with E-state index in [1.165, 1.54) is 31.2 Å². The number of hydrogen-bond donors (Lipinski definition) is 1. The molecule has 27 heavy (non-hydrogen) atoms. The molecule has 1 aliphatic carbocycles. The molecule has 1 fully saturated rings. The second-order valence-corrected chi connectivity index (χ2v) is 8.32. The van der Waals surface area contributed by atoms with Crippen molar-refractivity contribution < 1.29 is 0 Å². The van der Waals surface area contributed by atoms with Crippen LogP contribution in [0.5, 0.6) is 0 Å². The van der Waals surface area contributed by atoms with Gasteiger partial charge in [0.05, 0.1) is 16.4 Å². The number of anilines is 1. The summed E-state index contributed by atoms with van der Waals surface area (Å²) in [4.78, 5) is 4.72. The van der Waals surface area contributed by atoms with Crippen LogP contribution in [0.15, 0.2) is 36.5 Å². The highest BCUT2D eigenvalue weighted by Crippen LogP contribution is 2.51. The number of nitrogens with one attached hydrogen (secondary N) is 1. The molecule has 0 atom stereocenters. The molecule has 1 aliphatic heterocycles. The van der Waals surface area contributed by atoms with Crippen LogP contribution in [-0.4, -0.2) is 21.3 Å². The molecule has 0 radical (unpaired) electrons. The lowest BCUT2D eigenvalue weighted by Gasteiger charge is -2.24. The van der Waals surface area contributed by atoms with E-state index in [1.54, 1.807) is 0 Å². The molecule has 5 rings (SSSR count). The van der Waals surface area contributed by atoms with Crippen molar-refractivity contribution in [2.75, 3.05) is 11.9 Å². The fourth-order valence-corrected chi connectivity index (χ4v) is 5.27. The van der Waals surface area contributed by atoms with Gasteiger partial charge >= 0.3 is 0 Å². The molecule has 3 heterocycles. The number of pyridine rings is 1. The van der Waals surface area contributed by atoms with Crippen molar-refractivity contribution in [2.24, 2.45) is 0 Å². The Bertz CT molecular complexity index is 1030. The monoisotopic (exact) mass is 378 g/mol. The molecule has 1 N–H and O–H groups in total. The van der Waals surface area contributed by atoms with Crippen LogP contribution in [0, 0.1) is 13.8 Å². The van der Waals surface area contributed by atoms with Gasteiger partial charge in [-0.2, -0.15) is 5.10 Å². The molecule has 5 heteroatoms. The van der Waals surface area contributed by atoms with E-state index in [4.69, 9.17) is 16.6 Å². The Morgan fingerprint density at radius 2 is 1.96 bits per heavy atom. The molecule has 3 aromatic rings. The second kappa shape index (κ2) is 6.10. The zero-order valence-corrected chi connectivity index (χ0v) is 16.5. The standard InChI is InChI=1S/C22H23ClN4/c1-14-10-15(2)27(26-14)17-7-5-6-16(11-17)18-12-24-21-19(20(18)23)22(13-25-21)8-3-4-9-22/h5-7,10-12H,3-4,8-9,13H2,1-2H3,(H,24,25). The predicted molar refractivity (Wildman–Crippen MR) is 110 cm³/mol. The predicted octanol–water partition coefficient (Wildman–Crippen LogP) is 5.44. The first-order chi connectivity index (χ1) is 13.1. The molecule has 0 saturated heterocycles. The molecule has 1 spiro atoms. The van der Waals surface area contributed by atoms with Crippen LogP contribution < -0.4 is 5.32 Å². The van der Waals surface area contributed by atoms with Gasteiger partial charge in [0.15, 0.2) is 0 Å². The summed E-state index contributed by atoms with van der Waals surface area (Å²) in [6.45, 7) is 5.05. The summed E-state index contributed by atoms with van der Waals surface area (Å²) >= 11 is 6.99. The van der Waals surface area contributed by atoms with Gasteiger partial charge in [0.25, 0.3) is 0 Å². The van der Waals surface area contributed by atoms with Gasteiger partial charge in [0.1, 0.15) is 5.82 Å². The molecule has 1 saturated carbocycles. The molecule has 138 valence electrons. The van der Waals surface area contributed by atoms with Crippen LogP contribution in [0.3, 0.4) is 0 Å². The van der Waals surface area contributed by atoms with Crippen LogP contribution >= 0.6 is 11.6 Å². The maximum atomic E-state index is 6.99. The third kappa shape index (κ3) is 2.58. The van der Waals surface area contributed by atoms with E-state index < -0.39 is 0 Å². The van der Waals surface area contributed by atoms with Crippen molar-refractivity contribution in [3.63, 3.8) is 0 Å². The summed E-state index contributed by atoms with van der Waals surface area (Å²) in [5.41, 5.74) is 6.68. The van der Waals surface area contributed by atoms with Gasteiger partial charge in [-0.1, -0.05) is 36.6 Å². The minimum absolute atomic E-state index is 0.169. The molecular weight excluding hydrogens is 356 g/mol.